The highest BCUT2D eigenvalue weighted by atomic mass is 35.5. The first kappa shape index (κ1) is 14.5. The number of aromatic hydroxyl groups is 1. The number of oxazole rings is 1. The van der Waals surface area contributed by atoms with Crippen molar-refractivity contribution in [3.8, 4) is 28.5 Å². The van der Waals surface area contributed by atoms with Crippen LogP contribution in [0.25, 0.3) is 33.7 Å². The highest BCUT2D eigenvalue weighted by molar-refractivity contribution is 6.35. The summed E-state index contributed by atoms with van der Waals surface area (Å²) < 4.78 is 6.95. The molecule has 8 nitrogen and oxygen atoms in total. The quantitative estimate of drug-likeness (QED) is 0.575. The van der Waals surface area contributed by atoms with Crippen LogP contribution in [0.15, 0.2) is 35.2 Å². The Bertz CT molecular complexity index is 1070. The van der Waals surface area contributed by atoms with E-state index in [1.165, 1.54) is 6.39 Å². The van der Waals surface area contributed by atoms with Crippen molar-refractivity contribution in [2.75, 3.05) is 5.73 Å². The fourth-order valence-electron chi connectivity index (χ4n) is 2.42. The van der Waals surface area contributed by atoms with Gasteiger partial charge in [-0.25, -0.2) is 15.0 Å². The third-order valence-electron chi connectivity index (χ3n) is 3.52. The summed E-state index contributed by atoms with van der Waals surface area (Å²) in [4.78, 5) is 12.4. The van der Waals surface area contributed by atoms with E-state index in [4.69, 9.17) is 21.8 Å². The number of benzene rings is 1. The van der Waals surface area contributed by atoms with E-state index in [1.807, 2.05) is 0 Å². The number of nitrogens with two attached hydrogens (primary N) is 1. The number of aryl methyl sites for hydroxylation is 1. The fourth-order valence-corrected chi connectivity index (χ4v) is 2.68. The normalized spacial score (nSPS) is 11.2. The second-order valence-corrected chi connectivity index (χ2v) is 5.57. The minimum absolute atomic E-state index is 0.0776. The summed E-state index contributed by atoms with van der Waals surface area (Å²) in [6.07, 6.45) is 3.09. The molecular formula is C15H11ClN6O2. The van der Waals surface area contributed by atoms with Crippen molar-refractivity contribution in [3.63, 3.8) is 0 Å². The molecule has 1 aromatic carbocycles. The standard InChI is InChI=1S/C15H11ClN6O2/c1-22-3-2-9(21-22)13-11(20-15(23)14(17)19-13)7-4-8(16)12-10(5-7)24-6-18-12/h2-6H,1H3,(H2,17,19)(H,20,23). The van der Waals surface area contributed by atoms with Gasteiger partial charge in [0, 0.05) is 18.8 Å². The van der Waals surface area contributed by atoms with E-state index in [1.54, 1.807) is 36.1 Å². The first-order valence-electron chi connectivity index (χ1n) is 6.92. The smallest absolute Gasteiger partial charge is 0.255 e. The van der Waals surface area contributed by atoms with E-state index < -0.39 is 0 Å². The van der Waals surface area contributed by atoms with Crippen LogP contribution in [-0.2, 0) is 7.05 Å². The predicted molar refractivity (Wildman–Crippen MR) is 88.3 cm³/mol. The molecule has 24 heavy (non-hydrogen) atoms. The van der Waals surface area contributed by atoms with Crippen LogP contribution < -0.4 is 5.73 Å². The molecule has 0 bridgehead atoms. The first-order valence-corrected chi connectivity index (χ1v) is 7.30. The molecule has 0 spiro atoms. The third-order valence-corrected chi connectivity index (χ3v) is 3.81. The van der Waals surface area contributed by atoms with Crippen LogP contribution in [0.3, 0.4) is 0 Å². The number of aromatic nitrogens is 5. The van der Waals surface area contributed by atoms with Crippen LogP contribution in [0, 0.1) is 0 Å². The van der Waals surface area contributed by atoms with E-state index >= 15 is 0 Å². The number of anilines is 1. The van der Waals surface area contributed by atoms with Crippen molar-refractivity contribution in [2.45, 2.75) is 0 Å². The molecule has 0 fully saturated rings. The van der Waals surface area contributed by atoms with Gasteiger partial charge in [-0.3, -0.25) is 4.68 Å². The molecule has 0 aliphatic heterocycles. The molecular weight excluding hydrogens is 332 g/mol. The van der Waals surface area contributed by atoms with E-state index in [0.717, 1.165) is 0 Å². The number of fused-ring (bicyclic) bond motifs is 1. The first-order chi connectivity index (χ1) is 11.5. The molecule has 4 aromatic rings. The van der Waals surface area contributed by atoms with Gasteiger partial charge in [0.25, 0.3) is 5.88 Å². The highest BCUT2D eigenvalue weighted by Crippen LogP contribution is 2.35. The molecule has 4 rings (SSSR count). The molecule has 0 aliphatic rings. The predicted octanol–water partition coefficient (Wildman–Crippen LogP) is 2.63. The Morgan fingerprint density at radius 1 is 1.25 bits per heavy atom. The van der Waals surface area contributed by atoms with Crippen LogP contribution in [-0.4, -0.2) is 29.8 Å². The van der Waals surface area contributed by atoms with Crippen molar-refractivity contribution in [1.29, 1.82) is 0 Å². The number of rotatable bonds is 2. The van der Waals surface area contributed by atoms with E-state index in [2.05, 4.69) is 20.1 Å². The summed E-state index contributed by atoms with van der Waals surface area (Å²) in [6.45, 7) is 0. The average Bonchev–Trinajstić information content (AvgIpc) is 3.18. The fraction of sp³-hybridized carbons (Fsp3) is 0.0667. The Morgan fingerprint density at radius 2 is 2.08 bits per heavy atom. The molecule has 0 unspecified atom stereocenters. The lowest BCUT2D eigenvalue weighted by Gasteiger charge is -2.09. The Balaban J connectivity index is 2.00. The zero-order valence-corrected chi connectivity index (χ0v) is 13.2. The topological polar surface area (TPSA) is 116 Å². The zero-order valence-electron chi connectivity index (χ0n) is 12.4. The summed E-state index contributed by atoms with van der Waals surface area (Å²) >= 11 is 6.25. The number of nitrogens with zero attached hydrogens (tertiary/aromatic N) is 5. The number of halogens is 1. The van der Waals surface area contributed by atoms with Gasteiger partial charge >= 0.3 is 0 Å². The molecule has 0 amide bonds. The molecule has 120 valence electrons. The Hall–Kier alpha value is -3.13. The minimum atomic E-state index is -0.363. The maximum atomic E-state index is 9.89. The molecule has 0 radical (unpaired) electrons. The van der Waals surface area contributed by atoms with Crippen LogP contribution >= 0.6 is 11.6 Å². The van der Waals surface area contributed by atoms with E-state index in [9.17, 15) is 5.11 Å². The van der Waals surface area contributed by atoms with Gasteiger partial charge in [0.1, 0.15) is 22.6 Å². The minimum Gasteiger partial charge on any atom is -0.491 e. The van der Waals surface area contributed by atoms with Crippen molar-refractivity contribution in [3.05, 3.63) is 35.8 Å². The summed E-state index contributed by atoms with van der Waals surface area (Å²) in [5.74, 6) is -0.440. The van der Waals surface area contributed by atoms with Crippen molar-refractivity contribution < 1.29 is 9.52 Å². The summed E-state index contributed by atoms with van der Waals surface area (Å²) in [7, 11) is 1.79. The number of nitrogen functional groups attached to an aromatic ring is 1. The number of hydrogen-bond donors (Lipinski definition) is 2. The Morgan fingerprint density at radius 3 is 2.83 bits per heavy atom. The van der Waals surface area contributed by atoms with Gasteiger partial charge in [-0.2, -0.15) is 5.10 Å². The summed E-state index contributed by atoms with van der Waals surface area (Å²) in [6, 6.07) is 5.18. The van der Waals surface area contributed by atoms with E-state index in [-0.39, 0.29) is 11.7 Å². The van der Waals surface area contributed by atoms with E-state index in [0.29, 0.717) is 38.8 Å². The molecule has 0 saturated heterocycles. The van der Waals surface area contributed by atoms with Gasteiger partial charge in [0.15, 0.2) is 17.8 Å². The molecule has 9 heteroatoms. The van der Waals surface area contributed by atoms with Crippen LogP contribution in [0.1, 0.15) is 0 Å². The maximum absolute atomic E-state index is 9.89. The second kappa shape index (κ2) is 5.20. The van der Waals surface area contributed by atoms with Gasteiger partial charge in [0.05, 0.1) is 5.02 Å². The Kier molecular flexibility index (Phi) is 3.14. The average molecular weight is 343 g/mol. The molecule has 0 atom stereocenters. The van der Waals surface area contributed by atoms with Gasteiger partial charge in [-0.15, -0.1) is 0 Å². The third kappa shape index (κ3) is 2.24. The van der Waals surface area contributed by atoms with Crippen molar-refractivity contribution in [2.24, 2.45) is 7.05 Å². The largest absolute Gasteiger partial charge is 0.491 e. The zero-order chi connectivity index (χ0) is 16.8. The summed E-state index contributed by atoms with van der Waals surface area (Å²) in [5.41, 5.74) is 8.75. The van der Waals surface area contributed by atoms with Gasteiger partial charge in [-0.05, 0) is 18.2 Å². The van der Waals surface area contributed by atoms with Gasteiger partial charge < -0.3 is 15.3 Å². The maximum Gasteiger partial charge on any atom is 0.255 e. The lowest BCUT2D eigenvalue weighted by Crippen LogP contribution is -2.00. The van der Waals surface area contributed by atoms with Crippen LogP contribution in [0.4, 0.5) is 5.82 Å². The lowest BCUT2D eigenvalue weighted by molar-refractivity contribution is 0.455. The van der Waals surface area contributed by atoms with Gasteiger partial charge in [0.2, 0.25) is 0 Å². The molecule has 0 saturated carbocycles. The summed E-state index contributed by atoms with van der Waals surface area (Å²) in [5, 5.41) is 14.6. The number of hydrogen-bond acceptors (Lipinski definition) is 7. The molecule has 3 N–H and O–H groups in total. The molecule has 3 aromatic heterocycles. The van der Waals surface area contributed by atoms with Crippen LogP contribution in [0.2, 0.25) is 5.02 Å². The van der Waals surface area contributed by atoms with Crippen LogP contribution in [0.5, 0.6) is 5.88 Å². The Labute approximate surface area is 140 Å². The lowest BCUT2D eigenvalue weighted by atomic mass is 10.1. The van der Waals surface area contributed by atoms with Crippen molar-refractivity contribution in [1.82, 2.24) is 24.7 Å². The monoisotopic (exact) mass is 342 g/mol. The van der Waals surface area contributed by atoms with Crippen molar-refractivity contribution >= 4 is 28.5 Å². The molecule has 3 heterocycles. The highest BCUT2D eigenvalue weighted by Gasteiger charge is 2.19. The SMILES string of the molecule is Cn1ccc(-c2nc(N)c(O)nc2-c2cc(Cl)c3ncoc3c2)n1. The second-order valence-electron chi connectivity index (χ2n) is 5.16. The van der Waals surface area contributed by atoms with Gasteiger partial charge in [-0.1, -0.05) is 11.6 Å². The molecule has 0 aliphatic carbocycles.